The Hall–Kier alpha value is -5.11. The molecule has 0 aliphatic heterocycles. The summed E-state index contributed by atoms with van der Waals surface area (Å²) in [6.45, 7) is 14.8. The minimum absolute atomic E-state index is 0.00529. The van der Waals surface area contributed by atoms with Gasteiger partial charge in [-0.2, -0.15) is 0 Å². The SMILES string of the molecule is CC(C)(C)c1cc(NCCCCN=C(N)N)c(SCCN)c(NC(=O)c2cc(C(=O)Nc3cc(C(C)(C)C)cc(NC(=O)CCCCN=C(N)N)c3SCCN)ncn2)c1. The molecule has 1 heterocycles. The van der Waals surface area contributed by atoms with Gasteiger partial charge >= 0.3 is 0 Å². The highest BCUT2D eigenvalue weighted by Crippen LogP contribution is 2.41. The molecule has 0 radical (unpaired) electrons. The largest absolute Gasteiger partial charge is 0.384 e. The van der Waals surface area contributed by atoms with Gasteiger partial charge in [-0.05, 0) is 71.9 Å². The molecule has 0 atom stereocenters. The number of nitrogens with zero attached hydrogens (tertiary/aromatic N) is 4. The standard InChI is InChI=1S/C41H64N14O3S2/c1-40(2,3)25-19-27(48-14-9-10-16-50-39(46)47)34(59-17-12-42)29(21-25)54-36(57)31-23-32(52-24-51-31)37(58)55-30-22-26(41(4,5)6)20-28(35(30)60-18-13-43)53-33(56)11-7-8-15-49-38(44)45/h19-24,48H,7-18,42-43H2,1-6H3,(H,53,56)(H,54,57)(H,55,58)(H4,44,45,49)(H4,46,47,50). The van der Waals surface area contributed by atoms with Crippen LogP contribution in [0.3, 0.4) is 0 Å². The van der Waals surface area contributed by atoms with Gasteiger partial charge in [-0.1, -0.05) is 41.5 Å². The van der Waals surface area contributed by atoms with Gasteiger partial charge in [-0.25, -0.2) is 9.97 Å². The maximum atomic E-state index is 14.0. The lowest BCUT2D eigenvalue weighted by molar-refractivity contribution is -0.116. The van der Waals surface area contributed by atoms with E-state index in [1.165, 1.54) is 35.9 Å². The quantitative estimate of drug-likeness (QED) is 0.0287. The Morgan fingerprint density at radius 1 is 0.617 bits per heavy atom. The second-order valence-corrected chi connectivity index (χ2v) is 18.2. The first kappa shape index (κ1) is 49.3. The van der Waals surface area contributed by atoms with E-state index in [0.717, 1.165) is 34.6 Å². The van der Waals surface area contributed by atoms with E-state index in [0.29, 0.717) is 79.0 Å². The summed E-state index contributed by atoms with van der Waals surface area (Å²) >= 11 is 2.94. The Morgan fingerprint density at radius 3 is 1.50 bits per heavy atom. The van der Waals surface area contributed by atoms with Crippen molar-refractivity contribution < 1.29 is 14.4 Å². The van der Waals surface area contributed by atoms with Gasteiger partial charge in [0.1, 0.15) is 17.7 Å². The molecule has 328 valence electrons. The van der Waals surface area contributed by atoms with Gasteiger partial charge in [-0.15, -0.1) is 23.5 Å². The molecule has 0 unspecified atom stereocenters. The van der Waals surface area contributed by atoms with E-state index < -0.39 is 11.8 Å². The Kier molecular flexibility index (Phi) is 19.4. The number of benzene rings is 2. The van der Waals surface area contributed by atoms with E-state index >= 15 is 0 Å². The van der Waals surface area contributed by atoms with Crippen molar-refractivity contribution in [2.24, 2.45) is 44.4 Å². The van der Waals surface area contributed by atoms with Gasteiger partial charge < -0.3 is 55.7 Å². The molecule has 3 aromatic rings. The van der Waals surface area contributed by atoms with Crippen molar-refractivity contribution in [2.45, 2.75) is 94.3 Å². The molecular weight excluding hydrogens is 801 g/mol. The molecule has 3 rings (SSSR count). The first-order valence-electron chi connectivity index (χ1n) is 20.0. The summed E-state index contributed by atoms with van der Waals surface area (Å²) < 4.78 is 0. The molecule has 19 heteroatoms. The summed E-state index contributed by atoms with van der Waals surface area (Å²) in [5.74, 6) is -0.0620. The summed E-state index contributed by atoms with van der Waals surface area (Å²) in [5, 5.41) is 12.6. The molecule has 16 N–H and O–H groups in total. The summed E-state index contributed by atoms with van der Waals surface area (Å²) in [4.78, 5) is 59.0. The number of guanidine groups is 2. The third-order valence-electron chi connectivity index (χ3n) is 8.84. The number of aromatic nitrogens is 2. The molecule has 0 aliphatic carbocycles. The van der Waals surface area contributed by atoms with Crippen LogP contribution >= 0.6 is 23.5 Å². The van der Waals surface area contributed by atoms with Crippen LogP contribution in [0.25, 0.3) is 0 Å². The number of anilines is 4. The highest BCUT2D eigenvalue weighted by molar-refractivity contribution is 7.99. The van der Waals surface area contributed by atoms with Crippen molar-refractivity contribution in [3.05, 3.63) is 59.2 Å². The van der Waals surface area contributed by atoms with Crippen LogP contribution in [-0.2, 0) is 15.6 Å². The van der Waals surface area contributed by atoms with Crippen LogP contribution in [0.15, 0.2) is 56.4 Å². The zero-order valence-corrected chi connectivity index (χ0v) is 37.4. The summed E-state index contributed by atoms with van der Waals surface area (Å²) in [6.07, 6.45) is 4.26. The molecule has 0 fully saturated rings. The van der Waals surface area contributed by atoms with Crippen LogP contribution in [0.1, 0.15) is 106 Å². The number of aliphatic imine (C=N–C) groups is 2. The average Bonchev–Trinajstić information content (AvgIpc) is 3.17. The zero-order valence-electron chi connectivity index (χ0n) is 35.7. The number of nitrogens with one attached hydrogen (secondary N) is 4. The zero-order chi connectivity index (χ0) is 44.5. The molecule has 60 heavy (non-hydrogen) atoms. The Balaban J connectivity index is 1.94. The number of amides is 3. The van der Waals surface area contributed by atoms with Crippen molar-refractivity contribution in [1.29, 1.82) is 0 Å². The second kappa shape index (κ2) is 23.6. The number of hydrogen-bond donors (Lipinski definition) is 10. The van der Waals surface area contributed by atoms with Gasteiger partial charge in [-0.3, -0.25) is 24.4 Å². The van der Waals surface area contributed by atoms with Crippen molar-refractivity contribution in [3.63, 3.8) is 0 Å². The molecule has 0 aliphatic rings. The summed E-state index contributed by atoms with van der Waals surface area (Å²) in [5.41, 5.74) is 37.3. The fraction of sp³-hybridized carbons (Fsp3) is 0.488. The minimum Gasteiger partial charge on any atom is -0.384 e. The lowest BCUT2D eigenvalue weighted by Gasteiger charge is -2.25. The Bertz CT molecular complexity index is 1990. The molecule has 17 nitrogen and oxygen atoms in total. The van der Waals surface area contributed by atoms with E-state index in [-0.39, 0.29) is 46.5 Å². The van der Waals surface area contributed by atoms with Crippen LogP contribution in [-0.4, -0.2) is 83.8 Å². The molecular formula is C41H64N14O3S2. The van der Waals surface area contributed by atoms with Crippen molar-refractivity contribution in [3.8, 4) is 0 Å². The van der Waals surface area contributed by atoms with Gasteiger partial charge in [0, 0.05) is 56.7 Å². The van der Waals surface area contributed by atoms with Gasteiger partial charge in [0.25, 0.3) is 11.8 Å². The number of hydrogen-bond acceptors (Lipinski definition) is 12. The normalized spacial score (nSPS) is 11.4. The molecule has 2 aromatic carbocycles. The maximum absolute atomic E-state index is 14.0. The highest BCUT2D eigenvalue weighted by atomic mass is 32.2. The fourth-order valence-electron chi connectivity index (χ4n) is 5.63. The number of nitrogens with two attached hydrogens (primary N) is 6. The molecule has 1 aromatic heterocycles. The summed E-state index contributed by atoms with van der Waals surface area (Å²) in [7, 11) is 0. The Labute approximate surface area is 362 Å². The predicted molar refractivity (Wildman–Crippen MR) is 249 cm³/mol. The molecule has 0 saturated heterocycles. The number of unbranched alkanes of at least 4 members (excludes halogenated alkanes) is 2. The monoisotopic (exact) mass is 864 g/mol. The topological polar surface area (TPSA) is 306 Å². The predicted octanol–water partition coefficient (Wildman–Crippen LogP) is 4.53. The highest BCUT2D eigenvalue weighted by Gasteiger charge is 2.24. The van der Waals surface area contributed by atoms with E-state index in [2.05, 4.69) is 68.1 Å². The van der Waals surface area contributed by atoms with E-state index in [9.17, 15) is 14.4 Å². The first-order chi connectivity index (χ1) is 28.3. The van der Waals surface area contributed by atoms with Crippen molar-refractivity contribution in [1.82, 2.24) is 9.97 Å². The van der Waals surface area contributed by atoms with Crippen LogP contribution in [0.4, 0.5) is 22.7 Å². The fourth-order valence-corrected chi connectivity index (χ4v) is 7.36. The average molecular weight is 865 g/mol. The number of thioether (sulfide) groups is 2. The van der Waals surface area contributed by atoms with Crippen molar-refractivity contribution >= 4 is 75.9 Å². The number of carbonyl (C=O) groups excluding carboxylic acids is 3. The lowest BCUT2D eigenvalue weighted by atomic mass is 9.86. The van der Waals surface area contributed by atoms with Gasteiger partial charge in [0.2, 0.25) is 5.91 Å². The molecule has 0 bridgehead atoms. The Morgan fingerprint density at radius 2 is 1.05 bits per heavy atom. The van der Waals surface area contributed by atoms with E-state index in [1.54, 1.807) is 0 Å². The second-order valence-electron chi connectivity index (χ2n) is 16.0. The molecule has 0 spiro atoms. The summed E-state index contributed by atoms with van der Waals surface area (Å²) in [6, 6.07) is 9.21. The lowest BCUT2D eigenvalue weighted by Crippen LogP contribution is -2.23. The molecule has 3 amide bonds. The third-order valence-corrected chi connectivity index (χ3v) is 11.2. The third kappa shape index (κ3) is 16.2. The maximum Gasteiger partial charge on any atom is 0.274 e. The smallest absolute Gasteiger partial charge is 0.274 e. The van der Waals surface area contributed by atoms with Gasteiger partial charge in [0.05, 0.1) is 32.5 Å². The van der Waals surface area contributed by atoms with E-state index in [4.69, 9.17) is 34.4 Å². The van der Waals surface area contributed by atoms with Crippen LogP contribution in [0.5, 0.6) is 0 Å². The van der Waals surface area contributed by atoms with Crippen LogP contribution < -0.4 is 55.7 Å². The van der Waals surface area contributed by atoms with Crippen LogP contribution in [0.2, 0.25) is 0 Å². The number of carbonyl (C=O) groups is 3. The van der Waals surface area contributed by atoms with Crippen LogP contribution in [0, 0.1) is 0 Å². The minimum atomic E-state index is -0.565. The van der Waals surface area contributed by atoms with E-state index in [1.807, 2.05) is 39.0 Å². The first-order valence-corrected chi connectivity index (χ1v) is 21.9. The van der Waals surface area contributed by atoms with Gasteiger partial charge in [0.15, 0.2) is 11.9 Å². The molecule has 0 saturated carbocycles. The van der Waals surface area contributed by atoms with Crippen molar-refractivity contribution in [2.75, 3.05) is 65.5 Å². The number of rotatable bonds is 22.